The molecule has 62 valence electrons. The van der Waals surface area contributed by atoms with Crippen LogP contribution in [0.3, 0.4) is 0 Å². The molecule has 0 radical (unpaired) electrons. The Labute approximate surface area is 61.0 Å². The lowest BCUT2D eigenvalue weighted by Gasteiger charge is -2.06. The van der Waals surface area contributed by atoms with Crippen LogP contribution in [-0.4, -0.2) is 45.6 Å². The molecule has 0 amide bonds. The highest BCUT2D eigenvalue weighted by molar-refractivity contribution is 5.85. The average molecular weight is 162 g/mol. The maximum Gasteiger partial charge on any atom is 0.347 e. The second-order valence-electron chi connectivity index (χ2n) is 2.13. The molecule has 1 aliphatic heterocycles. The van der Waals surface area contributed by atoms with Crippen LogP contribution in [0, 0.1) is 0 Å². The van der Waals surface area contributed by atoms with E-state index in [0.29, 0.717) is 0 Å². The van der Waals surface area contributed by atoms with Crippen LogP contribution in [0.5, 0.6) is 0 Å². The van der Waals surface area contributed by atoms with Crippen LogP contribution in [0.15, 0.2) is 0 Å². The van der Waals surface area contributed by atoms with E-state index in [2.05, 4.69) is 4.74 Å². The van der Waals surface area contributed by atoms with Crippen molar-refractivity contribution in [3.05, 3.63) is 0 Å². The zero-order valence-electron chi connectivity index (χ0n) is 5.30. The van der Waals surface area contributed by atoms with E-state index in [-0.39, 0.29) is 0 Å². The smallest absolute Gasteiger partial charge is 0.347 e. The first-order chi connectivity index (χ1) is 5.04. The van der Waals surface area contributed by atoms with E-state index in [1.807, 2.05) is 0 Å². The second-order valence-corrected chi connectivity index (χ2v) is 2.13. The van der Waals surface area contributed by atoms with Crippen molar-refractivity contribution in [1.82, 2.24) is 0 Å². The minimum absolute atomic E-state index is 1.11. The minimum Gasteiger partial charge on any atom is -0.478 e. The molecule has 1 heterocycles. The van der Waals surface area contributed by atoms with Crippen LogP contribution in [0.2, 0.25) is 0 Å². The van der Waals surface area contributed by atoms with Gasteiger partial charge in [0.1, 0.15) is 6.10 Å². The second kappa shape index (κ2) is 2.48. The summed E-state index contributed by atoms with van der Waals surface area (Å²) in [6.45, 7) is 0. The number of aliphatic hydroxyl groups excluding tert-OH is 2. The summed E-state index contributed by atoms with van der Waals surface area (Å²) in [5, 5.41) is 25.8. The third kappa shape index (κ3) is 1.17. The summed E-state index contributed by atoms with van der Waals surface area (Å²) < 4.78 is 4.11. The predicted octanol–water partition coefficient (Wildman–Crippen LogP) is -2.28. The van der Waals surface area contributed by atoms with Gasteiger partial charge in [-0.1, -0.05) is 0 Å². The summed E-state index contributed by atoms with van der Waals surface area (Å²) in [7, 11) is 0. The van der Waals surface area contributed by atoms with Crippen molar-refractivity contribution in [3.8, 4) is 0 Å². The zero-order valence-corrected chi connectivity index (χ0v) is 5.30. The van der Waals surface area contributed by atoms with Gasteiger partial charge in [0.25, 0.3) is 0 Å². The molecule has 0 aromatic heterocycles. The quantitative estimate of drug-likeness (QED) is 0.375. The van der Waals surface area contributed by atoms with Gasteiger partial charge in [-0.05, 0) is 0 Å². The van der Waals surface area contributed by atoms with E-state index in [1.54, 1.807) is 0 Å². The summed E-state index contributed by atoms with van der Waals surface area (Å²) in [5.74, 6) is -2.58. The number of carbonyl (C=O) groups excluding carboxylic acids is 1. The van der Waals surface area contributed by atoms with E-state index < -0.39 is 30.3 Å². The Bertz CT molecular complexity index is 199. The van der Waals surface area contributed by atoms with Crippen LogP contribution in [0.4, 0.5) is 0 Å². The summed E-state index contributed by atoms with van der Waals surface area (Å²) in [4.78, 5) is 20.6. The molecule has 3 N–H and O–H groups in total. The molecule has 0 aromatic rings. The lowest BCUT2D eigenvalue weighted by molar-refractivity contribution is -0.159. The maximum atomic E-state index is 10.4. The Balaban J connectivity index is 2.74. The van der Waals surface area contributed by atoms with Crippen LogP contribution in [-0.2, 0) is 14.3 Å². The van der Waals surface area contributed by atoms with Gasteiger partial charge in [-0.25, -0.2) is 9.59 Å². The fourth-order valence-corrected chi connectivity index (χ4v) is 0.766. The first-order valence-corrected chi connectivity index (χ1v) is 2.83. The number of ether oxygens (including phenoxy) is 1. The molecule has 6 heteroatoms. The summed E-state index contributed by atoms with van der Waals surface area (Å²) >= 11 is 0. The lowest BCUT2D eigenvalue weighted by Crippen LogP contribution is -2.35. The number of hydrogen-bond donors (Lipinski definition) is 3. The lowest BCUT2D eigenvalue weighted by atomic mass is 10.1. The Morgan fingerprint density at radius 1 is 1.45 bits per heavy atom. The molecule has 0 bridgehead atoms. The van der Waals surface area contributed by atoms with Gasteiger partial charge in [-0.15, -0.1) is 0 Å². The number of esters is 1. The molecule has 1 saturated heterocycles. The Morgan fingerprint density at radius 3 is 2.18 bits per heavy atom. The molecule has 0 aliphatic carbocycles. The van der Waals surface area contributed by atoms with Gasteiger partial charge in [0, 0.05) is 0 Å². The highest BCUT2D eigenvalue weighted by Gasteiger charge is 2.46. The molecule has 6 nitrogen and oxygen atoms in total. The average Bonchev–Trinajstić information content (AvgIpc) is 2.17. The van der Waals surface area contributed by atoms with E-state index in [4.69, 9.17) is 15.3 Å². The highest BCUT2D eigenvalue weighted by Crippen LogP contribution is 2.15. The Morgan fingerprint density at radius 2 is 2.00 bits per heavy atom. The molecule has 0 saturated carbocycles. The van der Waals surface area contributed by atoms with Crippen molar-refractivity contribution >= 4 is 11.9 Å². The summed E-state index contributed by atoms with van der Waals surface area (Å²) in [6.07, 6.45) is -5.05. The number of carboxylic acid groups (broad SMARTS) is 1. The van der Waals surface area contributed by atoms with Crippen molar-refractivity contribution in [2.75, 3.05) is 0 Å². The molecule has 1 rings (SSSR count). The molecular weight excluding hydrogens is 156 g/mol. The number of cyclic esters (lactones) is 1. The molecule has 3 unspecified atom stereocenters. The van der Waals surface area contributed by atoms with Gasteiger partial charge in [0.2, 0.25) is 6.10 Å². The van der Waals surface area contributed by atoms with E-state index >= 15 is 0 Å². The van der Waals surface area contributed by atoms with Crippen LogP contribution in [0.1, 0.15) is 0 Å². The SMILES string of the molecule is O=C1OC(C(=O)O)C(O)C1O. The van der Waals surface area contributed by atoms with Crippen molar-refractivity contribution in [1.29, 1.82) is 0 Å². The molecule has 0 spiro atoms. The van der Waals surface area contributed by atoms with E-state index in [0.717, 1.165) is 0 Å². The first-order valence-electron chi connectivity index (χ1n) is 2.83. The van der Waals surface area contributed by atoms with Gasteiger partial charge < -0.3 is 20.1 Å². The third-order valence-corrected chi connectivity index (χ3v) is 1.36. The number of carbonyl (C=O) groups is 2. The van der Waals surface area contributed by atoms with Crippen molar-refractivity contribution in [3.63, 3.8) is 0 Å². The minimum atomic E-state index is -1.74. The van der Waals surface area contributed by atoms with Crippen LogP contribution >= 0.6 is 0 Å². The number of hydrogen-bond acceptors (Lipinski definition) is 5. The molecule has 0 aromatic carbocycles. The third-order valence-electron chi connectivity index (χ3n) is 1.36. The number of carboxylic acids is 1. The molecule has 1 aliphatic rings. The molecule has 3 atom stereocenters. The summed E-state index contributed by atoms with van der Waals surface area (Å²) in [5.41, 5.74) is 0. The van der Waals surface area contributed by atoms with Gasteiger partial charge in [0.15, 0.2) is 6.10 Å². The summed E-state index contributed by atoms with van der Waals surface area (Å²) in [6, 6.07) is 0. The molecule has 1 fully saturated rings. The maximum absolute atomic E-state index is 10.4. The largest absolute Gasteiger partial charge is 0.478 e. The predicted molar refractivity (Wildman–Crippen MR) is 29.5 cm³/mol. The zero-order chi connectivity index (χ0) is 8.59. The van der Waals surface area contributed by atoms with Gasteiger partial charge >= 0.3 is 11.9 Å². The van der Waals surface area contributed by atoms with Crippen molar-refractivity contribution < 1.29 is 29.6 Å². The molecule has 11 heavy (non-hydrogen) atoms. The highest BCUT2D eigenvalue weighted by atomic mass is 16.6. The standard InChI is InChI=1S/C5H6O6/c6-1-2(7)5(10)11-3(1)4(8)9/h1-3,6-7H,(H,8,9). The van der Waals surface area contributed by atoms with Crippen LogP contribution in [0.25, 0.3) is 0 Å². The van der Waals surface area contributed by atoms with Gasteiger partial charge in [0.05, 0.1) is 0 Å². The monoisotopic (exact) mass is 162 g/mol. The van der Waals surface area contributed by atoms with Crippen LogP contribution < -0.4 is 0 Å². The fourth-order valence-electron chi connectivity index (χ4n) is 0.766. The normalized spacial score (nSPS) is 36.9. The van der Waals surface area contributed by atoms with Gasteiger partial charge in [-0.2, -0.15) is 0 Å². The van der Waals surface area contributed by atoms with E-state index in [1.165, 1.54) is 0 Å². The first kappa shape index (κ1) is 7.96. The number of rotatable bonds is 1. The fraction of sp³-hybridized carbons (Fsp3) is 0.600. The number of aliphatic hydroxyl groups is 2. The van der Waals surface area contributed by atoms with E-state index in [9.17, 15) is 9.59 Å². The molecular formula is C5H6O6. The van der Waals surface area contributed by atoms with Gasteiger partial charge in [-0.3, -0.25) is 0 Å². The Kier molecular flexibility index (Phi) is 1.79. The Hall–Kier alpha value is -1.14. The number of aliphatic carboxylic acids is 1. The van der Waals surface area contributed by atoms with Crippen molar-refractivity contribution in [2.45, 2.75) is 18.3 Å². The topological polar surface area (TPSA) is 104 Å². The van der Waals surface area contributed by atoms with Crippen molar-refractivity contribution in [2.24, 2.45) is 0 Å².